The molecule has 0 aliphatic rings. The van der Waals surface area contributed by atoms with Gasteiger partial charge in [0.2, 0.25) is 0 Å². The average Bonchev–Trinajstić information content (AvgIpc) is 3.59. The molecule has 230 valence electrons. The van der Waals surface area contributed by atoms with E-state index in [-0.39, 0.29) is 0 Å². The summed E-state index contributed by atoms with van der Waals surface area (Å²) < 4.78 is 4.82. The summed E-state index contributed by atoms with van der Waals surface area (Å²) in [5, 5.41) is 5.02. The van der Waals surface area contributed by atoms with Crippen molar-refractivity contribution in [2.75, 3.05) is 0 Å². The number of nitrogens with zero attached hydrogens (tertiary/aromatic N) is 4. The van der Waals surface area contributed by atoms with E-state index >= 15 is 0 Å². The first-order valence-electron chi connectivity index (χ1n) is 16.5. The number of aryl methyl sites for hydroxylation is 4. The minimum absolute atomic E-state index is 0.764. The number of rotatable bonds is 4. The van der Waals surface area contributed by atoms with Crippen molar-refractivity contribution < 1.29 is 0 Å². The number of aromatic nitrogens is 4. The highest BCUT2D eigenvalue weighted by atomic mass is 15.0. The number of para-hydroxylation sites is 3. The molecule has 0 aliphatic heterocycles. The Morgan fingerprint density at radius 2 is 0.958 bits per heavy atom. The SMILES string of the molecule is Cc1ccc2c(c1)c1ccccc1n2-c1ccccc1-c1ccc(-n2c3ccccc3c3cc(C)ccc32)c(-c2cc(C)nc(C)n2)c1. The zero-order valence-corrected chi connectivity index (χ0v) is 27.5. The van der Waals surface area contributed by atoms with E-state index in [1.165, 1.54) is 54.7 Å². The van der Waals surface area contributed by atoms with Crippen LogP contribution in [0.4, 0.5) is 0 Å². The van der Waals surface area contributed by atoms with Gasteiger partial charge in [0.15, 0.2) is 0 Å². The van der Waals surface area contributed by atoms with E-state index in [1.807, 2.05) is 13.8 Å². The van der Waals surface area contributed by atoms with Gasteiger partial charge in [-0.2, -0.15) is 0 Å². The van der Waals surface area contributed by atoms with Crippen LogP contribution in [0.5, 0.6) is 0 Å². The average molecular weight is 619 g/mol. The van der Waals surface area contributed by atoms with Gasteiger partial charge in [-0.25, -0.2) is 9.97 Å². The predicted molar refractivity (Wildman–Crippen MR) is 201 cm³/mol. The molecule has 0 N–H and O–H groups in total. The molecular weight excluding hydrogens is 585 g/mol. The molecule has 0 bridgehead atoms. The van der Waals surface area contributed by atoms with Crippen LogP contribution in [0.15, 0.2) is 133 Å². The Labute approximate surface area is 279 Å². The fraction of sp³-hybridized carbons (Fsp3) is 0.0909. The van der Waals surface area contributed by atoms with Gasteiger partial charge in [0.1, 0.15) is 5.82 Å². The summed E-state index contributed by atoms with van der Waals surface area (Å²) >= 11 is 0. The first kappa shape index (κ1) is 28.2. The highest BCUT2D eigenvalue weighted by molar-refractivity contribution is 6.11. The van der Waals surface area contributed by atoms with E-state index in [2.05, 4.69) is 161 Å². The molecule has 0 aliphatic carbocycles. The summed E-state index contributed by atoms with van der Waals surface area (Å²) in [6.45, 7) is 8.35. The molecule has 0 saturated carbocycles. The van der Waals surface area contributed by atoms with Crippen LogP contribution in [-0.4, -0.2) is 19.1 Å². The van der Waals surface area contributed by atoms with Gasteiger partial charge in [-0.15, -0.1) is 0 Å². The van der Waals surface area contributed by atoms with Gasteiger partial charge in [-0.05, 0) is 93.9 Å². The standard InChI is InChI=1S/C44H34N4/c1-27-17-20-42-35(23-27)33-12-6-9-15-40(33)47(42)39-14-8-5-11-32(39)31-19-22-44(37(26-31)38-25-29(3)45-30(4)46-38)48-41-16-10-7-13-34(41)36-24-28(2)18-21-43(36)48/h5-26H,1-4H3. The molecule has 0 saturated heterocycles. The summed E-state index contributed by atoms with van der Waals surface area (Å²) in [6.07, 6.45) is 0. The third kappa shape index (κ3) is 4.37. The molecule has 6 aromatic carbocycles. The maximum Gasteiger partial charge on any atom is 0.126 e. The molecule has 0 atom stereocenters. The van der Waals surface area contributed by atoms with Crippen molar-refractivity contribution in [3.8, 4) is 33.8 Å². The molecule has 0 radical (unpaired) electrons. The van der Waals surface area contributed by atoms with Crippen LogP contribution in [-0.2, 0) is 0 Å². The maximum atomic E-state index is 5.02. The minimum Gasteiger partial charge on any atom is -0.309 e. The Morgan fingerprint density at radius 3 is 1.58 bits per heavy atom. The van der Waals surface area contributed by atoms with Crippen molar-refractivity contribution >= 4 is 43.6 Å². The molecule has 9 aromatic rings. The molecule has 3 heterocycles. The van der Waals surface area contributed by atoms with Gasteiger partial charge < -0.3 is 9.13 Å². The van der Waals surface area contributed by atoms with Crippen LogP contribution in [0.25, 0.3) is 77.4 Å². The van der Waals surface area contributed by atoms with Crippen molar-refractivity contribution in [2.45, 2.75) is 27.7 Å². The van der Waals surface area contributed by atoms with Crippen molar-refractivity contribution in [1.82, 2.24) is 19.1 Å². The third-order valence-electron chi connectivity index (χ3n) is 9.59. The van der Waals surface area contributed by atoms with Gasteiger partial charge in [0.25, 0.3) is 0 Å². The van der Waals surface area contributed by atoms with Crippen LogP contribution >= 0.6 is 0 Å². The normalized spacial score (nSPS) is 11.8. The first-order chi connectivity index (χ1) is 23.4. The van der Waals surface area contributed by atoms with E-state index in [0.717, 1.165) is 45.3 Å². The maximum absolute atomic E-state index is 5.02. The molecule has 9 rings (SSSR count). The van der Waals surface area contributed by atoms with Crippen molar-refractivity contribution in [3.63, 3.8) is 0 Å². The summed E-state index contributed by atoms with van der Waals surface area (Å²) in [6, 6.07) is 48.7. The Hall–Kier alpha value is -6.00. The van der Waals surface area contributed by atoms with Gasteiger partial charge in [0, 0.05) is 38.4 Å². The van der Waals surface area contributed by atoms with Gasteiger partial charge >= 0.3 is 0 Å². The Bertz CT molecular complexity index is 2700. The van der Waals surface area contributed by atoms with Gasteiger partial charge in [0.05, 0.1) is 39.1 Å². The largest absolute Gasteiger partial charge is 0.309 e. The van der Waals surface area contributed by atoms with Crippen LogP contribution < -0.4 is 0 Å². The molecule has 48 heavy (non-hydrogen) atoms. The van der Waals surface area contributed by atoms with E-state index in [0.29, 0.717) is 0 Å². The molecule has 4 heteroatoms. The monoisotopic (exact) mass is 618 g/mol. The number of benzene rings is 6. The van der Waals surface area contributed by atoms with E-state index in [4.69, 9.17) is 4.98 Å². The van der Waals surface area contributed by atoms with E-state index in [9.17, 15) is 0 Å². The van der Waals surface area contributed by atoms with Crippen molar-refractivity contribution in [1.29, 1.82) is 0 Å². The predicted octanol–water partition coefficient (Wildman–Crippen LogP) is 11.2. The lowest BCUT2D eigenvalue weighted by atomic mass is 9.97. The minimum atomic E-state index is 0.764. The fourth-order valence-electron chi connectivity index (χ4n) is 7.56. The van der Waals surface area contributed by atoms with Crippen LogP contribution in [0.2, 0.25) is 0 Å². The Kier molecular flexibility index (Phi) is 6.34. The third-order valence-corrected chi connectivity index (χ3v) is 9.59. The lowest BCUT2D eigenvalue weighted by molar-refractivity contribution is 1.01. The van der Waals surface area contributed by atoms with Crippen LogP contribution in [0, 0.1) is 27.7 Å². The fourth-order valence-corrected chi connectivity index (χ4v) is 7.56. The highest BCUT2D eigenvalue weighted by Gasteiger charge is 2.20. The molecule has 3 aromatic heterocycles. The van der Waals surface area contributed by atoms with Gasteiger partial charge in [-0.3, -0.25) is 0 Å². The topological polar surface area (TPSA) is 35.6 Å². The van der Waals surface area contributed by atoms with E-state index in [1.54, 1.807) is 0 Å². The van der Waals surface area contributed by atoms with E-state index < -0.39 is 0 Å². The molecule has 0 unspecified atom stereocenters. The summed E-state index contributed by atoms with van der Waals surface area (Å²) in [7, 11) is 0. The first-order valence-corrected chi connectivity index (χ1v) is 16.5. The summed E-state index contributed by atoms with van der Waals surface area (Å²) in [5.74, 6) is 0.764. The Balaban J connectivity index is 1.34. The van der Waals surface area contributed by atoms with Crippen molar-refractivity contribution in [2.24, 2.45) is 0 Å². The van der Waals surface area contributed by atoms with Crippen molar-refractivity contribution in [3.05, 3.63) is 156 Å². The van der Waals surface area contributed by atoms with Crippen LogP contribution in [0.1, 0.15) is 22.6 Å². The quantitative estimate of drug-likeness (QED) is 0.197. The molecule has 4 nitrogen and oxygen atoms in total. The second-order valence-corrected chi connectivity index (χ2v) is 12.9. The highest BCUT2D eigenvalue weighted by Crippen LogP contribution is 2.41. The number of hydrogen-bond acceptors (Lipinski definition) is 2. The zero-order chi connectivity index (χ0) is 32.5. The number of hydrogen-bond donors (Lipinski definition) is 0. The summed E-state index contributed by atoms with van der Waals surface area (Å²) in [5.41, 5.74) is 14.7. The smallest absolute Gasteiger partial charge is 0.126 e. The molecule has 0 spiro atoms. The van der Waals surface area contributed by atoms with Crippen LogP contribution in [0.3, 0.4) is 0 Å². The molecule has 0 fully saturated rings. The molecular formula is C44H34N4. The number of fused-ring (bicyclic) bond motifs is 6. The lowest BCUT2D eigenvalue weighted by Gasteiger charge is -2.18. The lowest BCUT2D eigenvalue weighted by Crippen LogP contribution is -2.02. The van der Waals surface area contributed by atoms with Gasteiger partial charge in [-0.1, -0.05) is 83.9 Å². The zero-order valence-electron chi connectivity index (χ0n) is 27.5. The second-order valence-electron chi connectivity index (χ2n) is 12.9. The molecule has 0 amide bonds. The Morgan fingerprint density at radius 1 is 0.417 bits per heavy atom. The summed E-state index contributed by atoms with van der Waals surface area (Å²) in [4.78, 5) is 9.65. The second kappa shape index (κ2) is 10.8.